The minimum absolute atomic E-state index is 0.153. The molecule has 0 saturated heterocycles. The Hall–Kier alpha value is -5.80. The van der Waals surface area contributed by atoms with Crippen LogP contribution in [-0.4, -0.2) is 14.5 Å². The van der Waals surface area contributed by atoms with Crippen LogP contribution in [0.4, 0.5) is 0 Å². The van der Waals surface area contributed by atoms with E-state index in [1.165, 1.54) is 54.5 Å². The van der Waals surface area contributed by atoms with Gasteiger partial charge in [0.1, 0.15) is 0 Å². The van der Waals surface area contributed by atoms with E-state index in [-0.39, 0.29) is 5.41 Å². The topological polar surface area (TPSA) is 30.7 Å². The van der Waals surface area contributed by atoms with Crippen LogP contribution in [0.3, 0.4) is 0 Å². The zero-order valence-electron chi connectivity index (χ0n) is 27.0. The molecule has 0 fully saturated rings. The van der Waals surface area contributed by atoms with Gasteiger partial charge in [-0.05, 0) is 76.2 Å². The van der Waals surface area contributed by atoms with Gasteiger partial charge in [-0.1, -0.05) is 123 Å². The highest BCUT2D eigenvalue weighted by molar-refractivity contribution is 6.18. The summed E-state index contributed by atoms with van der Waals surface area (Å²) in [5.41, 5.74) is 11.9. The molecule has 6 aromatic carbocycles. The summed E-state index contributed by atoms with van der Waals surface area (Å²) in [5, 5.41) is 7.75. The van der Waals surface area contributed by atoms with Gasteiger partial charge < -0.3 is 4.57 Å². The molecule has 10 rings (SSSR count). The predicted octanol–water partition coefficient (Wildman–Crippen LogP) is 9.72. The fourth-order valence-corrected chi connectivity index (χ4v) is 8.46. The molecule has 2 aliphatic rings. The smallest absolute Gasteiger partial charge is 0.160 e. The van der Waals surface area contributed by atoms with E-state index in [9.17, 15) is 0 Å². The van der Waals surface area contributed by atoms with Gasteiger partial charge in [0.05, 0.1) is 16.7 Å². The number of aromatic nitrogens is 3. The predicted molar refractivity (Wildman–Crippen MR) is 200 cm³/mol. The van der Waals surface area contributed by atoms with Gasteiger partial charge >= 0.3 is 0 Å². The first-order valence-corrected chi connectivity index (χ1v) is 16.9. The molecule has 0 bridgehead atoms. The Morgan fingerprint density at radius 2 is 1.29 bits per heavy atom. The Morgan fingerprint density at radius 3 is 2.12 bits per heavy atom. The quantitative estimate of drug-likeness (QED) is 0.198. The second-order valence-corrected chi connectivity index (χ2v) is 13.6. The third-order valence-corrected chi connectivity index (χ3v) is 10.6. The van der Waals surface area contributed by atoms with Crippen LogP contribution >= 0.6 is 0 Å². The molecule has 2 aliphatic carbocycles. The normalized spacial score (nSPS) is 14.4. The van der Waals surface area contributed by atoms with Crippen LogP contribution in [0.15, 0.2) is 127 Å². The highest BCUT2D eigenvalue weighted by atomic mass is 15.0. The van der Waals surface area contributed by atoms with Crippen molar-refractivity contribution in [2.75, 3.05) is 0 Å². The fraction of sp³-hybridized carbons (Fsp3) is 0.111. The zero-order valence-corrected chi connectivity index (χ0v) is 27.0. The number of nitrogens with zero attached hydrogens (tertiary/aromatic N) is 3. The van der Waals surface area contributed by atoms with Gasteiger partial charge in [0.25, 0.3) is 0 Å². The van der Waals surface area contributed by atoms with Crippen molar-refractivity contribution in [2.45, 2.75) is 32.1 Å². The van der Waals surface area contributed by atoms with Crippen molar-refractivity contribution in [2.24, 2.45) is 0 Å². The van der Waals surface area contributed by atoms with Crippen LogP contribution in [0.25, 0.3) is 84.2 Å². The van der Waals surface area contributed by atoms with Crippen molar-refractivity contribution in [3.8, 4) is 39.5 Å². The molecule has 0 spiro atoms. The second-order valence-electron chi connectivity index (χ2n) is 13.6. The summed E-state index contributed by atoms with van der Waals surface area (Å²) in [6.45, 7) is 4.81. The molecule has 48 heavy (non-hydrogen) atoms. The molecule has 228 valence electrons. The summed E-state index contributed by atoms with van der Waals surface area (Å²) < 4.78 is 2.54. The van der Waals surface area contributed by atoms with E-state index in [0.29, 0.717) is 0 Å². The van der Waals surface area contributed by atoms with Crippen molar-refractivity contribution < 1.29 is 0 Å². The monoisotopic (exact) mass is 615 g/mol. The van der Waals surface area contributed by atoms with E-state index in [0.717, 1.165) is 52.1 Å². The van der Waals surface area contributed by atoms with Crippen molar-refractivity contribution in [1.29, 1.82) is 0 Å². The molecule has 0 N–H and O–H groups in total. The van der Waals surface area contributed by atoms with Crippen LogP contribution in [0.2, 0.25) is 0 Å². The Balaban J connectivity index is 1.24. The first-order chi connectivity index (χ1) is 23.6. The summed E-state index contributed by atoms with van der Waals surface area (Å²) in [6.07, 6.45) is 7.00. The molecule has 8 aromatic rings. The number of para-hydroxylation sites is 1. The average molecular weight is 616 g/mol. The summed E-state index contributed by atoms with van der Waals surface area (Å²) in [6, 6.07) is 45.7. The zero-order chi connectivity index (χ0) is 32.0. The van der Waals surface area contributed by atoms with Crippen LogP contribution in [0.1, 0.15) is 37.8 Å². The van der Waals surface area contributed by atoms with E-state index in [1.807, 2.05) is 12.1 Å². The number of fused-ring (bicyclic) bond motifs is 11. The SMILES string of the molecule is CC1(C)c2ccccc2-c2c1c1c(c3c(n1-c1ccc(-c4nc(-c5ccccc5)c5ccccc5n4)cc1)=CCCC=3)c1ccccc21. The third-order valence-electron chi connectivity index (χ3n) is 10.6. The lowest BCUT2D eigenvalue weighted by Crippen LogP contribution is -2.30. The molecular weight excluding hydrogens is 583 g/mol. The lowest BCUT2D eigenvalue weighted by Gasteiger charge is -2.24. The van der Waals surface area contributed by atoms with Crippen molar-refractivity contribution in [1.82, 2.24) is 14.5 Å². The fourth-order valence-electron chi connectivity index (χ4n) is 8.46. The third kappa shape index (κ3) is 3.76. The van der Waals surface area contributed by atoms with Crippen LogP contribution in [0.5, 0.6) is 0 Å². The van der Waals surface area contributed by atoms with Crippen molar-refractivity contribution in [3.05, 3.63) is 149 Å². The number of benzene rings is 6. The lowest BCUT2D eigenvalue weighted by atomic mass is 9.80. The summed E-state index contributed by atoms with van der Waals surface area (Å²) in [5.74, 6) is 0.738. The number of rotatable bonds is 3. The standard InChI is InChI=1S/C45H33N3/c1-45(2)36-21-11-8-18-33(36)39-31-16-6-7-17-32(31)40-35-20-10-13-23-38(35)48(43(40)41(39)45)30-26-24-29(25-27-30)44-46-37-22-12-9-19-34(37)42(47-44)28-14-4-3-5-15-28/h3-9,11-12,14-27H,10,13H2,1-2H3. The Labute approximate surface area is 279 Å². The van der Waals surface area contributed by atoms with Gasteiger partial charge in [-0.2, -0.15) is 0 Å². The van der Waals surface area contributed by atoms with E-state index in [4.69, 9.17) is 9.97 Å². The van der Waals surface area contributed by atoms with E-state index >= 15 is 0 Å². The molecule has 0 amide bonds. The van der Waals surface area contributed by atoms with Crippen LogP contribution < -0.4 is 10.6 Å². The molecular formula is C45H33N3. The minimum Gasteiger partial charge on any atom is -0.309 e. The van der Waals surface area contributed by atoms with Gasteiger partial charge in [-0.15, -0.1) is 0 Å². The summed E-state index contributed by atoms with van der Waals surface area (Å²) in [4.78, 5) is 10.2. The second kappa shape index (κ2) is 10.1. The highest BCUT2D eigenvalue weighted by Crippen LogP contribution is 2.54. The molecule has 0 unspecified atom stereocenters. The Bertz CT molecular complexity index is 2730. The van der Waals surface area contributed by atoms with Crippen LogP contribution in [-0.2, 0) is 5.41 Å². The van der Waals surface area contributed by atoms with Gasteiger partial charge in [0, 0.05) is 43.6 Å². The van der Waals surface area contributed by atoms with E-state index < -0.39 is 0 Å². The molecule has 0 radical (unpaired) electrons. The van der Waals surface area contributed by atoms with Crippen molar-refractivity contribution >= 4 is 44.7 Å². The molecule has 3 nitrogen and oxygen atoms in total. The molecule has 2 aromatic heterocycles. The highest BCUT2D eigenvalue weighted by Gasteiger charge is 2.40. The van der Waals surface area contributed by atoms with E-state index in [2.05, 4.69) is 146 Å². The first kappa shape index (κ1) is 27.3. The van der Waals surface area contributed by atoms with Gasteiger partial charge in [-0.3, -0.25) is 0 Å². The lowest BCUT2D eigenvalue weighted by molar-refractivity contribution is 0.663. The van der Waals surface area contributed by atoms with E-state index in [1.54, 1.807) is 0 Å². The largest absolute Gasteiger partial charge is 0.309 e. The van der Waals surface area contributed by atoms with Gasteiger partial charge in [0.15, 0.2) is 5.82 Å². The molecule has 0 aliphatic heterocycles. The van der Waals surface area contributed by atoms with Crippen molar-refractivity contribution in [3.63, 3.8) is 0 Å². The average Bonchev–Trinajstić information content (AvgIpc) is 3.61. The maximum atomic E-state index is 5.15. The molecule has 0 atom stereocenters. The maximum absolute atomic E-state index is 5.15. The molecule has 2 heterocycles. The first-order valence-electron chi connectivity index (χ1n) is 16.9. The van der Waals surface area contributed by atoms with Gasteiger partial charge in [0.2, 0.25) is 0 Å². The minimum atomic E-state index is -0.153. The summed E-state index contributed by atoms with van der Waals surface area (Å²) in [7, 11) is 0. The van der Waals surface area contributed by atoms with Gasteiger partial charge in [-0.25, -0.2) is 9.97 Å². The molecule has 3 heteroatoms. The Kier molecular flexibility index (Phi) is 5.75. The maximum Gasteiger partial charge on any atom is 0.160 e. The molecule has 0 saturated carbocycles. The Morgan fingerprint density at radius 1 is 0.604 bits per heavy atom. The van der Waals surface area contributed by atoms with Crippen LogP contribution in [0, 0.1) is 0 Å². The summed E-state index contributed by atoms with van der Waals surface area (Å²) >= 11 is 0. The number of hydrogen-bond donors (Lipinski definition) is 0. The number of hydrogen-bond acceptors (Lipinski definition) is 2.